The van der Waals surface area contributed by atoms with Gasteiger partial charge in [-0.15, -0.1) is 0 Å². The van der Waals surface area contributed by atoms with Gasteiger partial charge in [0, 0.05) is 51.8 Å². The number of alkyl halides is 2. The third kappa shape index (κ3) is 4.32. The molecule has 2 atom stereocenters. The number of carbonyl (C=O) groups excluding carboxylic acids is 1. The minimum absolute atomic E-state index is 0.0319. The Morgan fingerprint density at radius 1 is 1.39 bits per heavy atom. The van der Waals surface area contributed by atoms with Gasteiger partial charge in [-0.1, -0.05) is 0 Å². The average Bonchev–Trinajstić information content (AvgIpc) is 3.13. The van der Waals surface area contributed by atoms with Crippen molar-refractivity contribution in [2.24, 2.45) is 5.92 Å². The lowest BCUT2D eigenvalue weighted by Crippen LogP contribution is -2.53. The molecule has 3 heterocycles. The van der Waals surface area contributed by atoms with E-state index in [9.17, 15) is 13.6 Å². The van der Waals surface area contributed by atoms with Crippen LogP contribution in [-0.2, 0) is 22.6 Å². The number of halogens is 2. The van der Waals surface area contributed by atoms with Crippen LogP contribution in [-0.4, -0.2) is 57.9 Å². The van der Waals surface area contributed by atoms with Crippen LogP contribution in [0.15, 0.2) is 12.4 Å². The monoisotopic (exact) mass is 435 g/mol. The van der Waals surface area contributed by atoms with Gasteiger partial charge in [0.25, 0.3) is 0 Å². The van der Waals surface area contributed by atoms with Crippen molar-refractivity contribution in [3.05, 3.63) is 23.7 Å². The van der Waals surface area contributed by atoms with Crippen LogP contribution in [0.5, 0.6) is 0 Å². The van der Waals surface area contributed by atoms with Gasteiger partial charge in [-0.25, -0.2) is 13.8 Å². The number of nitrogens with one attached hydrogen (secondary N) is 2. The Kier molecular flexibility index (Phi) is 5.54. The number of carbonyl (C=O) groups is 1. The summed E-state index contributed by atoms with van der Waals surface area (Å²) in [5, 5.41) is 10.3. The van der Waals surface area contributed by atoms with Crippen molar-refractivity contribution in [3.8, 4) is 0 Å². The summed E-state index contributed by atoms with van der Waals surface area (Å²) in [6.45, 7) is 4.58. The normalized spacial score (nSPS) is 21.3. The number of nitrogens with zero attached hydrogens (tertiary/aromatic N) is 5. The maximum absolute atomic E-state index is 13.0. The summed E-state index contributed by atoms with van der Waals surface area (Å²) in [5.41, 5.74) is 2.14. The van der Waals surface area contributed by atoms with Gasteiger partial charge in [0.1, 0.15) is 11.7 Å². The summed E-state index contributed by atoms with van der Waals surface area (Å²) < 4.78 is 33.1. The molecule has 0 spiro atoms. The summed E-state index contributed by atoms with van der Waals surface area (Å²) in [7, 11) is 3.37. The molecule has 168 valence electrons. The lowest BCUT2D eigenvalue weighted by molar-refractivity contribution is -0.120. The maximum Gasteiger partial charge on any atom is 0.249 e. The Morgan fingerprint density at radius 3 is 2.81 bits per heavy atom. The molecule has 0 bridgehead atoms. The Balaban J connectivity index is 1.43. The molecule has 2 aromatic rings. The molecule has 2 aromatic heterocycles. The molecule has 0 radical (unpaired) electrons. The summed E-state index contributed by atoms with van der Waals surface area (Å²) in [4.78, 5) is 23.3. The first-order chi connectivity index (χ1) is 14.7. The summed E-state index contributed by atoms with van der Waals surface area (Å²) in [6, 6.07) is -0.503. The maximum atomic E-state index is 13.0. The molecule has 2 N–H and O–H groups in total. The lowest BCUT2D eigenvalue weighted by atomic mass is 9.81. The SMILES string of the molecule is CO[C@H](C)C1C(=O)Nc2c(C)nc(NCc3cnn(CC4CC(F)(F)C4)c3)nc2N1C. The number of hydrogen-bond acceptors (Lipinski definition) is 7. The predicted molar refractivity (Wildman–Crippen MR) is 111 cm³/mol. The lowest BCUT2D eigenvalue weighted by Gasteiger charge is -2.37. The molecule has 9 nitrogen and oxygen atoms in total. The second kappa shape index (κ2) is 8.03. The van der Waals surface area contributed by atoms with E-state index in [1.807, 2.05) is 27.1 Å². The third-order valence-corrected chi connectivity index (χ3v) is 5.91. The Bertz CT molecular complexity index is 972. The van der Waals surface area contributed by atoms with Gasteiger partial charge in [0.15, 0.2) is 5.82 Å². The fourth-order valence-electron chi connectivity index (χ4n) is 4.16. The van der Waals surface area contributed by atoms with E-state index in [1.54, 1.807) is 22.9 Å². The van der Waals surface area contributed by atoms with Crippen LogP contribution in [0.2, 0.25) is 0 Å². The molecular formula is C20H27F2N7O2. The summed E-state index contributed by atoms with van der Waals surface area (Å²) in [5.74, 6) is -1.67. The molecule has 31 heavy (non-hydrogen) atoms. The number of aryl methyl sites for hydroxylation is 1. The number of aromatic nitrogens is 4. The van der Waals surface area contributed by atoms with Gasteiger partial charge in [-0.05, 0) is 19.8 Å². The zero-order valence-electron chi connectivity index (χ0n) is 18.0. The van der Waals surface area contributed by atoms with Crippen LogP contribution >= 0.6 is 0 Å². The highest BCUT2D eigenvalue weighted by atomic mass is 19.3. The van der Waals surface area contributed by atoms with Crippen molar-refractivity contribution in [2.75, 3.05) is 29.7 Å². The number of anilines is 3. The highest BCUT2D eigenvalue weighted by Crippen LogP contribution is 2.43. The van der Waals surface area contributed by atoms with E-state index >= 15 is 0 Å². The molecule has 1 unspecified atom stereocenters. The molecule has 1 aliphatic carbocycles. The fraction of sp³-hybridized carbons (Fsp3) is 0.600. The molecule has 1 fully saturated rings. The number of rotatable bonds is 7. The molecule has 0 saturated heterocycles. The van der Waals surface area contributed by atoms with Crippen LogP contribution in [0.4, 0.5) is 26.2 Å². The van der Waals surface area contributed by atoms with Crippen molar-refractivity contribution in [2.45, 2.75) is 57.8 Å². The second-order valence-corrected chi connectivity index (χ2v) is 8.37. The van der Waals surface area contributed by atoms with E-state index in [2.05, 4.69) is 25.7 Å². The molecule has 1 saturated carbocycles. The number of hydrogen-bond donors (Lipinski definition) is 2. The van der Waals surface area contributed by atoms with Crippen molar-refractivity contribution >= 4 is 23.4 Å². The first kappa shape index (κ1) is 21.4. The van der Waals surface area contributed by atoms with Gasteiger partial charge in [0.05, 0.1) is 18.0 Å². The number of amides is 1. The van der Waals surface area contributed by atoms with Crippen molar-refractivity contribution < 1.29 is 18.3 Å². The van der Waals surface area contributed by atoms with Crippen LogP contribution in [0.3, 0.4) is 0 Å². The van der Waals surface area contributed by atoms with Gasteiger partial charge in [-0.3, -0.25) is 9.48 Å². The minimum atomic E-state index is -2.52. The number of methoxy groups -OCH3 is 1. The molecule has 11 heteroatoms. The van der Waals surface area contributed by atoms with E-state index in [-0.39, 0.29) is 30.8 Å². The average molecular weight is 435 g/mol. The number of ether oxygens (including phenoxy) is 1. The summed E-state index contributed by atoms with van der Waals surface area (Å²) in [6.07, 6.45) is 3.09. The molecule has 1 amide bonds. The zero-order valence-corrected chi connectivity index (χ0v) is 18.0. The van der Waals surface area contributed by atoms with Crippen LogP contribution in [0.25, 0.3) is 0 Å². The minimum Gasteiger partial charge on any atom is -0.379 e. The van der Waals surface area contributed by atoms with Gasteiger partial charge >= 0.3 is 0 Å². The first-order valence-corrected chi connectivity index (χ1v) is 10.2. The molecule has 1 aliphatic heterocycles. The number of likely N-dealkylation sites (N-methyl/N-ethyl adjacent to an activating group) is 1. The fourth-order valence-corrected chi connectivity index (χ4v) is 4.16. The Morgan fingerprint density at radius 2 is 2.13 bits per heavy atom. The molecule has 0 aromatic carbocycles. The van der Waals surface area contributed by atoms with Gasteiger partial charge in [-0.2, -0.15) is 10.1 Å². The highest BCUT2D eigenvalue weighted by molar-refractivity contribution is 6.03. The van der Waals surface area contributed by atoms with Gasteiger partial charge < -0.3 is 20.3 Å². The Hall–Kier alpha value is -2.82. The first-order valence-electron chi connectivity index (χ1n) is 10.2. The summed E-state index contributed by atoms with van der Waals surface area (Å²) >= 11 is 0. The predicted octanol–water partition coefficient (Wildman–Crippen LogP) is 2.43. The molecular weight excluding hydrogens is 408 g/mol. The van der Waals surface area contributed by atoms with E-state index in [1.165, 1.54) is 0 Å². The zero-order chi connectivity index (χ0) is 22.3. The number of fused-ring (bicyclic) bond motifs is 1. The van der Waals surface area contributed by atoms with E-state index in [0.29, 0.717) is 36.2 Å². The Labute approximate surface area is 179 Å². The van der Waals surface area contributed by atoms with E-state index in [0.717, 1.165) is 5.56 Å². The van der Waals surface area contributed by atoms with Crippen molar-refractivity contribution in [1.82, 2.24) is 19.7 Å². The van der Waals surface area contributed by atoms with Crippen LogP contribution in [0.1, 0.15) is 31.0 Å². The quantitative estimate of drug-likeness (QED) is 0.689. The van der Waals surface area contributed by atoms with Crippen molar-refractivity contribution in [1.29, 1.82) is 0 Å². The highest BCUT2D eigenvalue weighted by Gasteiger charge is 2.45. The third-order valence-electron chi connectivity index (χ3n) is 5.91. The largest absolute Gasteiger partial charge is 0.379 e. The second-order valence-electron chi connectivity index (χ2n) is 8.37. The van der Waals surface area contributed by atoms with Gasteiger partial charge in [0.2, 0.25) is 17.8 Å². The van der Waals surface area contributed by atoms with E-state index < -0.39 is 12.0 Å². The van der Waals surface area contributed by atoms with Crippen LogP contribution in [0, 0.1) is 12.8 Å². The topological polar surface area (TPSA) is 97.2 Å². The standard InChI is InChI=1S/C20H27F2N7O2/c1-11-15-17(28(3)16(12(2)31-4)18(30)26-15)27-19(25-11)23-7-14-8-24-29(10-14)9-13-5-20(21,22)6-13/h8,10,12-13,16H,5-7,9H2,1-4H3,(H,26,30)(H,23,25,27)/t12-,16?/m1/s1. The van der Waals surface area contributed by atoms with E-state index in [4.69, 9.17) is 4.74 Å². The van der Waals surface area contributed by atoms with Crippen LogP contribution < -0.4 is 15.5 Å². The smallest absolute Gasteiger partial charge is 0.249 e. The molecule has 2 aliphatic rings. The molecule has 4 rings (SSSR count). The van der Waals surface area contributed by atoms with Crippen molar-refractivity contribution in [3.63, 3.8) is 0 Å².